The molecule has 1 aromatic carbocycles. The Morgan fingerprint density at radius 2 is 2.10 bits per heavy atom. The number of carbonyl (C=O) groups excluding carboxylic acids is 1. The maximum atomic E-state index is 13.4. The Bertz CT molecular complexity index is 500. The lowest BCUT2D eigenvalue weighted by molar-refractivity contribution is -0.133. The van der Waals surface area contributed by atoms with Crippen LogP contribution >= 0.6 is 0 Å². The molecule has 1 aromatic rings. The topological polar surface area (TPSA) is 32.3 Å². The van der Waals surface area contributed by atoms with Gasteiger partial charge in [-0.3, -0.25) is 4.79 Å². The van der Waals surface area contributed by atoms with Gasteiger partial charge in [0.2, 0.25) is 5.91 Å². The summed E-state index contributed by atoms with van der Waals surface area (Å²) in [5.41, 5.74) is 1.82. The predicted molar refractivity (Wildman–Crippen MR) is 82.8 cm³/mol. The van der Waals surface area contributed by atoms with Gasteiger partial charge < -0.3 is 10.2 Å². The highest BCUT2D eigenvalue weighted by atomic mass is 19.1. The van der Waals surface area contributed by atoms with Gasteiger partial charge in [0.25, 0.3) is 0 Å². The van der Waals surface area contributed by atoms with Crippen LogP contribution in [0.5, 0.6) is 0 Å². The summed E-state index contributed by atoms with van der Waals surface area (Å²) in [6, 6.07) is 5.20. The van der Waals surface area contributed by atoms with E-state index in [2.05, 4.69) is 5.32 Å². The van der Waals surface area contributed by atoms with E-state index >= 15 is 0 Å². The van der Waals surface area contributed by atoms with E-state index in [1.54, 1.807) is 6.92 Å². The Kier molecular flexibility index (Phi) is 5.34. The van der Waals surface area contributed by atoms with Gasteiger partial charge in [0.05, 0.1) is 6.04 Å². The second-order valence-electron chi connectivity index (χ2n) is 5.75. The molecule has 0 aromatic heterocycles. The van der Waals surface area contributed by atoms with Gasteiger partial charge in [0, 0.05) is 13.1 Å². The summed E-state index contributed by atoms with van der Waals surface area (Å²) >= 11 is 0. The highest BCUT2D eigenvalue weighted by molar-refractivity contribution is 5.82. The monoisotopic (exact) mass is 292 g/mol. The van der Waals surface area contributed by atoms with Crippen LogP contribution in [-0.2, 0) is 4.79 Å². The zero-order valence-electron chi connectivity index (χ0n) is 13.2. The lowest BCUT2D eigenvalue weighted by Crippen LogP contribution is -2.49. The Morgan fingerprint density at radius 1 is 1.38 bits per heavy atom. The number of aryl methyl sites for hydroxylation is 1. The highest BCUT2D eigenvalue weighted by Gasteiger charge is 2.29. The van der Waals surface area contributed by atoms with Crippen molar-refractivity contribution < 1.29 is 9.18 Å². The van der Waals surface area contributed by atoms with Gasteiger partial charge in [-0.2, -0.15) is 0 Å². The number of halogens is 1. The molecule has 4 heteroatoms. The maximum absolute atomic E-state index is 13.4. The van der Waals surface area contributed by atoms with Crippen LogP contribution in [0.2, 0.25) is 0 Å². The molecular weight excluding hydrogens is 267 g/mol. The van der Waals surface area contributed by atoms with Crippen molar-refractivity contribution in [1.29, 1.82) is 0 Å². The minimum absolute atomic E-state index is 0.117. The first kappa shape index (κ1) is 16.0. The van der Waals surface area contributed by atoms with E-state index < -0.39 is 0 Å². The zero-order valence-corrected chi connectivity index (χ0v) is 13.2. The van der Waals surface area contributed by atoms with Gasteiger partial charge >= 0.3 is 0 Å². The predicted octanol–water partition coefficient (Wildman–Crippen LogP) is 2.84. The van der Waals surface area contributed by atoms with E-state index in [0.717, 1.165) is 38.0 Å². The third-order valence-electron chi connectivity index (χ3n) is 4.43. The molecule has 0 bridgehead atoms. The van der Waals surface area contributed by atoms with Crippen LogP contribution in [0.3, 0.4) is 0 Å². The molecule has 0 saturated carbocycles. The molecule has 1 saturated heterocycles. The zero-order chi connectivity index (χ0) is 15.4. The minimum atomic E-state index is -0.163. The van der Waals surface area contributed by atoms with E-state index in [1.165, 1.54) is 6.07 Å². The van der Waals surface area contributed by atoms with E-state index in [-0.39, 0.29) is 17.8 Å². The number of rotatable bonds is 4. The molecule has 116 valence electrons. The fourth-order valence-corrected chi connectivity index (χ4v) is 3.09. The molecule has 0 radical (unpaired) electrons. The number of hydrogen-bond donors (Lipinski definition) is 1. The molecule has 1 aliphatic heterocycles. The van der Waals surface area contributed by atoms with Crippen LogP contribution in [0.4, 0.5) is 4.39 Å². The summed E-state index contributed by atoms with van der Waals surface area (Å²) in [6.07, 6.45) is 1.79. The molecule has 1 amide bonds. The molecule has 1 fully saturated rings. The SMILES string of the molecule is CCN(CC)C(=O)C1CC(c2ccc(F)c(C)c2)CCN1. The Balaban J connectivity index is 2.09. The van der Waals surface area contributed by atoms with Crippen molar-refractivity contribution in [3.05, 3.63) is 35.1 Å². The Labute approximate surface area is 126 Å². The van der Waals surface area contributed by atoms with Crippen LogP contribution in [0.15, 0.2) is 18.2 Å². The first-order valence-electron chi connectivity index (χ1n) is 7.85. The smallest absolute Gasteiger partial charge is 0.239 e. The van der Waals surface area contributed by atoms with Crippen LogP contribution in [0.1, 0.15) is 43.7 Å². The van der Waals surface area contributed by atoms with E-state index in [4.69, 9.17) is 0 Å². The van der Waals surface area contributed by atoms with Crippen molar-refractivity contribution in [1.82, 2.24) is 10.2 Å². The number of benzene rings is 1. The quantitative estimate of drug-likeness (QED) is 0.925. The minimum Gasteiger partial charge on any atom is -0.342 e. The number of nitrogens with zero attached hydrogens (tertiary/aromatic N) is 1. The standard InChI is InChI=1S/C17H25FN2O/c1-4-20(5-2)17(21)16-11-14(8-9-19-16)13-6-7-15(18)12(3)10-13/h6-7,10,14,16,19H,4-5,8-9,11H2,1-3H3. The average molecular weight is 292 g/mol. The second-order valence-corrected chi connectivity index (χ2v) is 5.75. The molecular formula is C17H25FN2O. The van der Waals surface area contributed by atoms with Crippen molar-refractivity contribution in [3.63, 3.8) is 0 Å². The van der Waals surface area contributed by atoms with Crippen LogP contribution < -0.4 is 5.32 Å². The summed E-state index contributed by atoms with van der Waals surface area (Å²) in [6.45, 7) is 8.12. The molecule has 1 aliphatic rings. The van der Waals surface area contributed by atoms with Gasteiger partial charge in [-0.05, 0) is 63.3 Å². The first-order valence-corrected chi connectivity index (χ1v) is 7.85. The summed E-state index contributed by atoms with van der Waals surface area (Å²) in [5, 5.41) is 3.33. The van der Waals surface area contributed by atoms with E-state index in [1.807, 2.05) is 30.9 Å². The number of amides is 1. The number of piperidine rings is 1. The van der Waals surface area contributed by atoms with Crippen LogP contribution in [0.25, 0.3) is 0 Å². The van der Waals surface area contributed by atoms with Gasteiger partial charge in [-0.15, -0.1) is 0 Å². The molecule has 1 N–H and O–H groups in total. The summed E-state index contributed by atoms with van der Waals surface area (Å²) in [4.78, 5) is 14.3. The van der Waals surface area contributed by atoms with Crippen molar-refractivity contribution >= 4 is 5.91 Å². The van der Waals surface area contributed by atoms with Crippen LogP contribution in [-0.4, -0.2) is 36.5 Å². The molecule has 2 unspecified atom stereocenters. The van der Waals surface area contributed by atoms with Crippen LogP contribution in [0, 0.1) is 12.7 Å². The molecule has 2 rings (SSSR count). The van der Waals surface area contributed by atoms with Crippen molar-refractivity contribution in [2.24, 2.45) is 0 Å². The molecule has 21 heavy (non-hydrogen) atoms. The normalized spacial score (nSPS) is 22.1. The fourth-order valence-electron chi connectivity index (χ4n) is 3.09. The highest BCUT2D eigenvalue weighted by Crippen LogP contribution is 2.29. The molecule has 1 heterocycles. The summed E-state index contributed by atoms with van der Waals surface area (Å²) in [5.74, 6) is 0.349. The summed E-state index contributed by atoms with van der Waals surface area (Å²) in [7, 11) is 0. The maximum Gasteiger partial charge on any atom is 0.239 e. The summed E-state index contributed by atoms with van der Waals surface area (Å²) < 4.78 is 13.4. The molecule has 3 nitrogen and oxygen atoms in total. The van der Waals surface area contributed by atoms with Crippen molar-refractivity contribution in [3.8, 4) is 0 Å². The average Bonchev–Trinajstić information content (AvgIpc) is 2.51. The van der Waals surface area contributed by atoms with Gasteiger partial charge in [-0.1, -0.05) is 12.1 Å². The third kappa shape index (κ3) is 3.62. The van der Waals surface area contributed by atoms with Gasteiger partial charge in [0.1, 0.15) is 5.82 Å². The lowest BCUT2D eigenvalue weighted by Gasteiger charge is -2.33. The molecule has 0 spiro atoms. The molecule has 2 atom stereocenters. The number of nitrogens with one attached hydrogen (secondary N) is 1. The lowest BCUT2D eigenvalue weighted by atomic mass is 9.85. The number of carbonyl (C=O) groups is 1. The number of likely N-dealkylation sites (N-methyl/N-ethyl adjacent to an activating group) is 1. The van der Waals surface area contributed by atoms with Gasteiger partial charge in [0.15, 0.2) is 0 Å². The van der Waals surface area contributed by atoms with Crippen molar-refractivity contribution in [2.45, 2.75) is 45.6 Å². The third-order valence-corrected chi connectivity index (χ3v) is 4.43. The van der Waals surface area contributed by atoms with E-state index in [9.17, 15) is 9.18 Å². The second kappa shape index (κ2) is 7.03. The Morgan fingerprint density at radius 3 is 2.71 bits per heavy atom. The Hall–Kier alpha value is -1.42. The van der Waals surface area contributed by atoms with E-state index in [0.29, 0.717) is 11.5 Å². The fraction of sp³-hybridized carbons (Fsp3) is 0.588. The largest absolute Gasteiger partial charge is 0.342 e. The number of hydrogen-bond acceptors (Lipinski definition) is 2. The van der Waals surface area contributed by atoms with Gasteiger partial charge in [-0.25, -0.2) is 4.39 Å². The van der Waals surface area contributed by atoms with Crippen molar-refractivity contribution in [2.75, 3.05) is 19.6 Å². The first-order chi connectivity index (χ1) is 10.1. The molecule has 0 aliphatic carbocycles.